The molecule has 1 atom stereocenters. The van der Waals surface area contributed by atoms with E-state index in [-0.39, 0.29) is 5.91 Å². The highest BCUT2D eigenvalue weighted by Gasteiger charge is 2.24. The zero-order valence-corrected chi connectivity index (χ0v) is 11.9. The number of fused-ring (bicyclic) bond motifs is 1. The SMILES string of the molecule is CN(C[C@@H]1CCn2ccnc2C1)C(=O)C1=COCCC1. The summed E-state index contributed by atoms with van der Waals surface area (Å²) in [4.78, 5) is 18.5. The molecule has 3 rings (SSSR count). The second kappa shape index (κ2) is 5.69. The Kier molecular flexibility index (Phi) is 3.76. The summed E-state index contributed by atoms with van der Waals surface area (Å²) in [6.45, 7) is 2.53. The number of rotatable bonds is 3. The smallest absolute Gasteiger partial charge is 0.252 e. The van der Waals surface area contributed by atoms with E-state index in [1.54, 1.807) is 6.26 Å². The maximum absolute atomic E-state index is 12.3. The van der Waals surface area contributed by atoms with E-state index < -0.39 is 0 Å². The molecule has 3 heterocycles. The quantitative estimate of drug-likeness (QED) is 0.842. The summed E-state index contributed by atoms with van der Waals surface area (Å²) in [5.41, 5.74) is 0.802. The van der Waals surface area contributed by atoms with E-state index >= 15 is 0 Å². The number of aryl methyl sites for hydroxylation is 1. The highest BCUT2D eigenvalue weighted by Crippen LogP contribution is 2.21. The molecular weight excluding hydrogens is 254 g/mol. The van der Waals surface area contributed by atoms with Crippen LogP contribution in [-0.2, 0) is 22.5 Å². The Hall–Kier alpha value is -1.78. The zero-order chi connectivity index (χ0) is 13.9. The molecule has 0 fully saturated rings. The number of hydrogen-bond acceptors (Lipinski definition) is 3. The number of aromatic nitrogens is 2. The van der Waals surface area contributed by atoms with E-state index in [1.165, 1.54) is 0 Å². The number of ether oxygens (including phenoxy) is 1. The first-order valence-corrected chi connectivity index (χ1v) is 7.30. The van der Waals surface area contributed by atoms with Gasteiger partial charge in [-0.05, 0) is 25.2 Å². The van der Waals surface area contributed by atoms with Gasteiger partial charge in [0.25, 0.3) is 5.91 Å². The predicted molar refractivity (Wildman–Crippen MR) is 74.9 cm³/mol. The summed E-state index contributed by atoms with van der Waals surface area (Å²) >= 11 is 0. The Labute approximate surface area is 119 Å². The third-order valence-corrected chi connectivity index (χ3v) is 4.14. The van der Waals surface area contributed by atoms with Gasteiger partial charge in [-0.1, -0.05) is 0 Å². The number of amides is 1. The van der Waals surface area contributed by atoms with E-state index in [0.717, 1.165) is 56.8 Å². The molecule has 20 heavy (non-hydrogen) atoms. The van der Waals surface area contributed by atoms with Crippen LogP contribution in [0.5, 0.6) is 0 Å². The van der Waals surface area contributed by atoms with Crippen LogP contribution in [0.3, 0.4) is 0 Å². The van der Waals surface area contributed by atoms with Crippen molar-refractivity contribution in [2.24, 2.45) is 5.92 Å². The van der Waals surface area contributed by atoms with Gasteiger partial charge in [0.15, 0.2) is 0 Å². The van der Waals surface area contributed by atoms with Crippen molar-refractivity contribution in [1.82, 2.24) is 14.5 Å². The molecule has 0 N–H and O–H groups in total. The Balaban J connectivity index is 1.58. The lowest BCUT2D eigenvalue weighted by molar-refractivity contribution is -0.127. The molecule has 0 spiro atoms. The largest absolute Gasteiger partial charge is 0.501 e. The standard InChI is InChI=1S/C15H21N3O2/c1-17(15(19)13-3-2-8-20-11-13)10-12-4-6-18-7-5-16-14(18)9-12/h5,7,11-12H,2-4,6,8-10H2,1H3/t12-/m1/s1. The summed E-state index contributed by atoms with van der Waals surface area (Å²) in [5.74, 6) is 1.75. The Morgan fingerprint density at radius 1 is 1.60 bits per heavy atom. The lowest BCUT2D eigenvalue weighted by Crippen LogP contribution is -2.36. The third kappa shape index (κ3) is 2.71. The molecule has 0 aromatic carbocycles. The molecule has 5 heteroatoms. The third-order valence-electron chi connectivity index (χ3n) is 4.14. The minimum Gasteiger partial charge on any atom is -0.501 e. The minimum absolute atomic E-state index is 0.110. The summed E-state index contributed by atoms with van der Waals surface area (Å²) in [5, 5.41) is 0. The van der Waals surface area contributed by atoms with Crippen LogP contribution in [0.4, 0.5) is 0 Å². The summed E-state index contributed by atoms with van der Waals surface area (Å²) < 4.78 is 7.46. The predicted octanol–water partition coefficient (Wildman–Crippen LogP) is 1.60. The highest BCUT2D eigenvalue weighted by molar-refractivity contribution is 5.93. The Bertz CT molecular complexity index is 521. The second-order valence-electron chi connectivity index (χ2n) is 5.70. The van der Waals surface area contributed by atoms with Gasteiger partial charge in [0.2, 0.25) is 0 Å². The van der Waals surface area contributed by atoms with Gasteiger partial charge in [-0.15, -0.1) is 0 Å². The van der Waals surface area contributed by atoms with Crippen LogP contribution in [0.1, 0.15) is 25.1 Å². The highest BCUT2D eigenvalue weighted by atomic mass is 16.5. The van der Waals surface area contributed by atoms with Crippen LogP contribution in [0, 0.1) is 5.92 Å². The molecule has 0 saturated carbocycles. The van der Waals surface area contributed by atoms with Gasteiger partial charge in [0.05, 0.1) is 18.4 Å². The van der Waals surface area contributed by atoms with E-state index in [4.69, 9.17) is 4.74 Å². The molecule has 0 saturated heterocycles. The van der Waals surface area contributed by atoms with E-state index in [1.807, 2.05) is 24.3 Å². The Morgan fingerprint density at radius 2 is 2.50 bits per heavy atom. The molecule has 2 aliphatic heterocycles. The van der Waals surface area contributed by atoms with Crippen molar-refractivity contribution in [3.05, 3.63) is 30.1 Å². The molecule has 2 aliphatic rings. The van der Waals surface area contributed by atoms with Crippen LogP contribution >= 0.6 is 0 Å². The average molecular weight is 275 g/mol. The van der Waals surface area contributed by atoms with Crippen LogP contribution in [0.15, 0.2) is 24.2 Å². The van der Waals surface area contributed by atoms with Gasteiger partial charge in [0, 0.05) is 39.0 Å². The molecule has 108 valence electrons. The first-order chi connectivity index (χ1) is 9.74. The molecule has 1 aromatic heterocycles. The molecule has 0 aliphatic carbocycles. The van der Waals surface area contributed by atoms with E-state index in [0.29, 0.717) is 5.92 Å². The van der Waals surface area contributed by atoms with Crippen LogP contribution in [-0.4, -0.2) is 40.6 Å². The lowest BCUT2D eigenvalue weighted by Gasteiger charge is -2.28. The summed E-state index contributed by atoms with van der Waals surface area (Å²) in [7, 11) is 1.89. The fourth-order valence-corrected chi connectivity index (χ4v) is 3.01. The van der Waals surface area contributed by atoms with Crippen molar-refractivity contribution in [1.29, 1.82) is 0 Å². The normalized spacial score (nSPS) is 21.6. The number of imidazole rings is 1. The molecule has 0 radical (unpaired) electrons. The van der Waals surface area contributed by atoms with Gasteiger partial charge in [-0.25, -0.2) is 4.98 Å². The van der Waals surface area contributed by atoms with Crippen LogP contribution < -0.4 is 0 Å². The van der Waals surface area contributed by atoms with Gasteiger partial charge in [-0.3, -0.25) is 4.79 Å². The maximum atomic E-state index is 12.3. The number of hydrogen-bond donors (Lipinski definition) is 0. The topological polar surface area (TPSA) is 47.4 Å². The van der Waals surface area contributed by atoms with Crippen molar-refractivity contribution >= 4 is 5.91 Å². The van der Waals surface area contributed by atoms with Crippen molar-refractivity contribution in [3.8, 4) is 0 Å². The fraction of sp³-hybridized carbons (Fsp3) is 0.600. The maximum Gasteiger partial charge on any atom is 0.252 e. The van der Waals surface area contributed by atoms with E-state index in [2.05, 4.69) is 9.55 Å². The van der Waals surface area contributed by atoms with Crippen molar-refractivity contribution in [2.75, 3.05) is 20.2 Å². The van der Waals surface area contributed by atoms with Crippen molar-refractivity contribution < 1.29 is 9.53 Å². The second-order valence-corrected chi connectivity index (χ2v) is 5.70. The minimum atomic E-state index is 0.110. The molecule has 1 aromatic rings. The van der Waals surface area contributed by atoms with Gasteiger partial charge >= 0.3 is 0 Å². The van der Waals surface area contributed by atoms with Crippen molar-refractivity contribution in [2.45, 2.75) is 32.2 Å². The average Bonchev–Trinajstić information content (AvgIpc) is 2.95. The molecule has 5 nitrogen and oxygen atoms in total. The monoisotopic (exact) mass is 275 g/mol. The van der Waals surface area contributed by atoms with Gasteiger partial charge < -0.3 is 14.2 Å². The lowest BCUT2D eigenvalue weighted by atomic mass is 9.97. The zero-order valence-electron chi connectivity index (χ0n) is 11.9. The van der Waals surface area contributed by atoms with Crippen molar-refractivity contribution in [3.63, 3.8) is 0 Å². The number of likely N-dealkylation sites (N-methyl/N-ethyl adjacent to an activating group) is 1. The molecule has 0 unspecified atom stereocenters. The number of nitrogens with zero attached hydrogens (tertiary/aromatic N) is 3. The Morgan fingerprint density at radius 3 is 3.30 bits per heavy atom. The van der Waals surface area contributed by atoms with Gasteiger partial charge in [0.1, 0.15) is 5.82 Å². The first kappa shape index (κ1) is 13.2. The van der Waals surface area contributed by atoms with Gasteiger partial charge in [-0.2, -0.15) is 0 Å². The number of carbonyl (C=O) groups is 1. The molecule has 0 bridgehead atoms. The summed E-state index contributed by atoms with van der Waals surface area (Å²) in [6, 6.07) is 0. The molecule has 1 amide bonds. The van der Waals surface area contributed by atoms with E-state index in [9.17, 15) is 4.79 Å². The molecular formula is C15H21N3O2. The fourth-order valence-electron chi connectivity index (χ4n) is 3.01. The van der Waals surface area contributed by atoms with Crippen LogP contribution in [0.2, 0.25) is 0 Å². The summed E-state index contributed by atoms with van der Waals surface area (Å²) in [6.07, 6.45) is 9.36. The number of carbonyl (C=O) groups excluding carboxylic acids is 1. The van der Waals surface area contributed by atoms with Crippen LogP contribution in [0.25, 0.3) is 0 Å². The first-order valence-electron chi connectivity index (χ1n) is 7.30.